The van der Waals surface area contributed by atoms with E-state index in [0.717, 1.165) is 21.5 Å². The van der Waals surface area contributed by atoms with Gasteiger partial charge in [0.15, 0.2) is 5.11 Å². The molecule has 2 N–H and O–H groups in total. The number of hydrogen-bond acceptors (Lipinski definition) is 3. The third-order valence-corrected chi connectivity index (χ3v) is 3.91. The molecule has 0 bridgehead atoms. The van der Waals surface area contributed by atoms with Gasteiger partial charge in [-0.25, -0.2) is 0 Å². The molecule has 0 spiro atoms. The van der Waals surface area contributed by atoms with Crippen LogP contribution in [-0.4, -0.2) is 12.2 Å². The second kappa shape index (κ2) is 7.47. The standard InChI is InChI=1S/C15H17BrN2O2S/c1-10(11-5-6-14(19-2)13(16)8-11)18-15(21)17-9-12-4-3-7-20-12/h3-8,10H,9H2,1-2H3,(H2,17,18,21)/t10-/m0/s1. The SMILES string of the molecule is COc1ccc([C@H](C)NC(=S)NCc2ccco2)cc1Br. The molecule has 0 saturated carbocycles. The summed E-state index contributed by atoms with van der Waals surface area (Å²) in [6.45, 7) is 2.62. The normalized spacial score (nSPS) is 11.8. The second-order valence-corrected chi connectivity index (χ2v) is 5.78. The first-order chi connectivity index (χ1) is 10.1. The van der Waals surface area contributed by atoms with Gasteiger partial charge >= 0.3 is 0 Å². The number of hydrogen-bond donors (Lipinski definition) is 2. The maximum absolute atomic E-state index is 5.28. The van der Waals surface area contributed by atoms with E-state index < -0.39 is 0 Å². The van der Waals surface area contributed by atoms with E-state index in [9.17, 15) is 0 Å². The van der Waals surface area contributed by atoms with E-state index in [-0.39, 0.29) is 6.04 Å². The number of benzene rings is 1. The Hall–Kier alpha value is -1.53. The van der Waals surface area contributed by atoms with E-state index in [0.29, 0.717) is 11.7 Å². The van der Waals surface area contributed by atoms with Crippen molar-refractivity contribution in [2.45, 2.75) is 19.5 Å². The lowest BCUT2D eigenvalue weighted by molar-refractivity contribution is 0.412. The predicted molar refractivity (Wildman–Crippen MR) is 90.4 cm³/mol. The van der Waals surface area contributed by atoms with Gasteiger partial charge in [-0.2, -0.15) is 0 Å². The number of ether oxygens (including phenoxy) is 1. The van der Waals surface area contributed by atoms with Gasteiger partial charge in [0.25, 0.3) is 0 Å². The van der Waals surface area contributed by atoms with Crippen molar-refractivity contribution in [1.82, 2.24) is 10.6 Å². The zero-order valence-electron chi connectivity index (χ0n) is 11.9. The molecule has 0 aliphatic carbocycles. The maximum Gasteiger partial charge on any atom is 0.167 e. The highest BCUT2D eigenvalue weighted by Crippen LogP contribution is 2.27. The Kier molecular flexibility index (Phi) is 5.64. The van der Waals surface area contributed by atoms with E-state index in [1.807, 2.05) is 30.3 Å². The molecular formula is C15H17BrN2O2S. The van der Waals surface area contributed by atoms with Gasteiger partial charge in [0.2, 0.25) is 0 Å². The fourth-order valence-corrected chi connectivity index (χ4v) is 2.67. The molecule has 112 valence electrons. The first kappa shape index (κ1) is 15.9. The Balaban J connectivity index is 1.89. The third kappa shape index (κ3) is 4.47. The van der Waals surface area contributed by atoms with Crippen molar-refractivity contribution in [2.24, 2.45) is 0 Å². The minimum absolute atomic E-state index is 0.0869. The highest BCUT2D eigenvalue weighted by Gasteiger charge is 2.09. The van der Waals surface area contributed by atoms with Gasteiger partial charge in [-0.15, -0.1) is 0 Å². The summed E-state index contributed by atoms with van der Waals surface area (Å²) < 4.78 is 11.4. The Labute approximate surface area is 138 Å². The van der Waals surface area contributed by atoms with Crippen LogP contribution in [0.5, 0.6) is 5.75 Å². The van der Waals surface area contributed by atoms with Crippen molar-refractivity contribution in [3.63, 3.8) is 0 Å². The van der Waals surface area contributed by atoms with Crippen LogP contribution in [0.2, 0.25) is 0 Å². The van der Waals surface area contributed by atoms with Crippen LogP contribution in [0.3, 0.4) is 0 Å². The molecule has 1 aromatic carbocycles. The fraction of sp³-hybridized carbons (Fsp3) is 0.267. The van der Waals surface area contributed by atoms with Crippen LogP contribution in [0.15, 0.2) is 45.5 Å². The van der Waals surface area contributed by atoms with Gasteiger partial charge < -0.3 is 19.8 Å². The van der Waals surface area contributed by atoms with Crippen LogP contribution >= 0.6 is 28.1 Å². The molecule has 1 atom stereocenters. The van der Waals surface area contributed by atoms with E-state index in [1.54, 1.807) is 13.4 Å². The Morgan fingerprint density at radius 2 is 2.24 bits per heavy atom. The van der Waals surface area contributed by atoms with Crippen LogP contribution in [0.1, 0.15) is 24.3 Å². The topological polar surface area (TPSA) is 46.4 Å². The molecule has 0 saturated heterocycles. The summed E-state index contributed by atoms with van der Waals surface area (Å²) in [6, 6.07) is 9.80. The summed E-state index contributed by atoms with van der Waals surface area (Å²) in [5, 5.41) is 6.94. The minimum atomic E-state index is 0.0869. The Bertz CT molecular complexity index is 602. The number of thiocarbonyl (C=S) groups is 1. The lowest BCUT2D eigenvalue weighted by Gasteiger charge is -2.18. The average molecular weight is 369 g/mol. The summed E-state index contributed by atoms with van der Waals surface area (Å²) in [5.74, 6) is 1.66. The highest BCUT2D eigenvalue weighted by molar-refractivity contribution is 9.10. The molecule has 0 unspecified atom stereocenters. The largest absolute Gasteiger partial charge is 0.496 e. The van der Waals surface area contributed by atoms with Gasteiger partial charge in [0.05, 0.1) is 30.4 Å². The zero-order valence-corrected chi connectivity index (χ0v) is 14.3. The van der Waals surface area contributed by atoms with Crippen LogP contribution in [-0.2, 0) is 6.54 Å². The molecule has 0 radical (unpaired) electrons. The van der Waals surface area contributed by atoms with Crippen molar-refractivity contribution in [1.29, 1.82) is 0 Å². The lowest BCUT2D eigenvalue weighted by atomic mass is 10.1. The second-order valence-electron chi connectivity index (χ2n) is 4.52. The van der Waals surface area contributed by atoms with Gasteiger partial charge in [-0.1, -0.05) is 6.07 Å². The van der Waals surface area contributed by atoms with E-state index in [1.165, 1.54) is 0 Å². The zero-order chi connectivity index (χ0) is 15.2. The van der Waals surface area contributed by atoms with Crippen molar-refractivity contribution < 1.29 is 9.15 Å². The molecule has 1 aromatic heterocycles. The number of furan rings is 1. The van der Waals surface area contributed by atoms with E-state index in [4.69, 9.17) is 21.4 Å². The molecular weight excluding hydrogens is 352 g/mol. The van der Waals surface area contributed by atoms with Crippen LogP contribution in [0.4, 0.5) is 0 Å². The Morgan fingerprint density at radius 3 is 2.86 bits per heavy atom. The number of rotatable bonds is 5. The molecule has 4 nitrogen and oxygen atoms in total. The number of methoxy groups -OCH3 is 1. The molecule has 6 heteroatoms. The first-order valence-electron chi connectivity index (χ1n) is 6.50. The highest BCUT2D eigenvalue weighted by atomic mass is 79.9. The smallest absolute Gasteiger partial charge is 0.167 e. The van der Waals surface area contributed by atoms with Gasteiger partial charge in [0, 0.05) is 0 Å². The van der Waals surface area contributed by atoms with Crippen LogP contribution in [0.25, 0.3) is 0 Å². The Morgan fingerprint density at radius 1 is 1.43 bits per heavy atom. The van der Waals surface area contributed by atoms with Gasteiger partial charge in [0.1, 0.15) is 11.5 Å². The summed E-state index contributed by atoms with van der Waals surface area (Å²) in [7, 11) is 1.65. The van der Waals surface area contributed by atoms with Crippen molar-refractivity contribution in [2.75, 3.05) is 7.11 Å². The van der Waals surface area contributed by atoms with Crippen molar-refractivity contribution >= 4 is 33.3 Å². The maximum atomic E-state index is 5.28. The molecule has 21 heavy (non-hydrogen) atoms. The molecule has 0 fully saturated rings. The number of nitrogens with one attached hydrogen (secondary N) is 2. The predicted octanol–water partition coefficient (Wildman–Crippen LogP) is 3.78. The molecule has 2 rings (SSSR count). The summed E-state index contributed by atoms with van der Waals surface area (Å²) >= 11 is 8.77. The summed E-state index contributed by atoms with van der Waals surface area (Å²) in [4.78, 5) is 0. The molecule has 1 heterocycles. The molecule has 0 amide bonds. The van der Waals surface area contributed by atoms with Crippen LogP contribution in [0, 0.1) is 0 Å². The third-order valence-electron chi connectivity index (χ3n) is 3.03. The lowest BCUT2D eigenvalue weighted by Crippen LogP contribution is -2.36. The summed E-state index contributed by atoms with van der Waals surface area (Å²) in [6.07, 6.45) is 1.64. The van der Waals surface area contributed by atoms with E-state index >= 15 is 0 Å². The number of halogens is 1. The molecule has 0 aliphatic heterocycles. The van der Waals surface area contributed by atoms with Gasteiger partial charge in [-0.05, 0) is 64.9 Å². The summed E-state index contributed by atoms with van der Waals surface area (Å²) in [5.41, 5.74) is 1.12. The average Bonchev–Trinajstić information content (AvgIpc) is 2.98. The molecule has 2 aromatic rings. The van der Waals surface area contributed by atoms with Crippen molar-refractivity contribution in [3.05, 3.63) is 52.4 Å². The monoisotopic (exact) mass is 368 g/mol. The van der Waals surface area contributed by atoms with E-state index in [2.05, 4.69) is 33.5 Å². The fourth-order valence-electron chi connectivity index (χ4n) is 1.86. The van der Waals surface area contributed by atoms with Gasteiger partial charge in [-0.3, -0.25) is 0 Å². The first-order valence-corrected chi connectivity index (χ1v) is 7.70. The van der Waals surface area contributed by atoms with Crippen LogP contribution < -0.4 is 15.4 Å². The van der Waals surface area contributed by atoms with Crippen molar-refractivity contribution in [3.8, 4) is 5.75 Å². The molecule has 0 aliphatic rings. The minimum Gasteiger partial charge on any atom is -0.496 e. The quantitative estimate of drug-likeness (QED) is 0.786.